The van der Waals surface area contributed by atoms with Crippen LogP contribution in [0.3, 0.4) is 0 Å². The highest BCUT2D eigenvalue weighted by atomic mass is 16.6. The van der Waals surface area contributed by atoms with Gasteiger partial charge in [0.05, 0.1) is 11.5 Å². The second-order valence-corrected chi connectivity index (χ2v) is 2.99. The van der Waals surface area contributed by atoms with Crippen LogP contribution in [0.5, 0.6) is 0 Å². The molecular weight excluding hydrogens is 184 g/mol. The van der Waals surface area contributed by atoms with Crippen LogP contribution in [0.1, 0.15) is 11.1 Å². The van der Waals surface area contributed by atoms with Crippen molar-refractivity contribution in [3.8, 4) is 0 Å². The number of aryl methyl sites for hydroxylation is 1. The lowest BCUT2D eigenvalue weighted by Gasteiger charge is -2.03. The molecule has 0 fully saturated rings. The van der Waals surface area contributed by atoms with Gasteiger partial charge in [-0.1, -0.05) is 6.07 Å². The predicted octanol–water partition coefficient (Wildman–Crippen LogP) is 1.34. The molecule has 14 heavy (non-hydrogen) atoms. The van der Waals surface area contributed by atoms with E-state index in [0.717, 1.165) is 11.1 Å². The molecule has 0 unspecified atom stereocenters. The van der Waals surface area contributed by atoms with Gasteiger partial charge in [-0.2, -0.15) is 0 Å². The molecular formula is C9H12N2O3. The molecule has 0 aliphatic rings. The van der Waals surface area contributed by atoms with Gasteiger partial charge in [-0.25, -0.2) is 5.90 Å². The minimum Gasteiger partial charge on any atom is -0.304 e. The fraction of sp³-hybridized carbons (Fsp3) is 0.333. The number of nitro benzene ring substituents is 1. The minimum absolute atomic E-state index is 0.0996. The lowest BCUT2D eigenvalue weighted by atomic mass is 10.1. The Bertz CT molecular complexity index is 339. The standard InChI is InChI=1S/C9H12N2O3/c1-7-2-3-9(11(12)13)6-8(7)4-5-14-10/h2-3,6H,4-5,10H2,1H3. The summed E-state index contributed by atoms with van der Waals surface area (Å²) in [6, 6.07) is 4.76. The van der Waals surface area contributed by atoms with Crippen molar-refractivity contribution in [3.05, 3.63) is 39.4 Å². The summed E-state index contributed by atoms with van der Waals surface area (Å²) in [6.45, 7) is 2.26. The van der Waals surface area contributed by atoms with Gasteiger partial charge in [-0.3, -0.25) is 10.1 Å². The highest BCUT2D eigenvalue weighted by Crippen LogP contribution is 2.17. The fourth-order valence-electron chi connectivity index (χ4n) is 1.21. The van der Waals surface area contributed by atoms with Gasteiger partial charge in [0.2, 0.25) is 0 Å². The molecule has 0 aliphatic heterocycles. The van der Waals surface area contributed by atoms with Crippen molar-refractivity contribution in [2.24, 2.45) is 5.90 Å². The van der Waals surface area contributed by atoms with E-state index in [2.05, 4.69) is 4.84 Å². The molecule has 5 nitrogen and oxygen atoms in total. The molecule has 0 heterocycles. The first-order valence-electron chi connectivity index (χ1n) is 4.20. The summed E-state index contributed by atoms with van der Waals surface area (Å²) in [6.07, 6.45) is 0.587. The molecule has 1 aromatic carbocycles. The maximum Gasteiger partial charge on any atom is 0.269 e. The lowest BCUT2D eigenvalue weighted by molar-refractivity contribution is -0.384. The second kappa shape index (κ2) is 4.69. The van der Waals surface area contributed by atoms with E-state index in [1.54, 1.807) is 12.1 Å². The molecule has 76 valence electrons. The van der Waals surface area contributed by atoms with Crippen molar-refractivity contribution >= 4 is 5.69 Å². The topological polar surface area (TPSA) is 78.4 Å². The number of hydrogen-bond donors (Lipinski definition) is 1. The van der Waals surface area contributed by atoms with Gasteiger partial charge < -0.3 is 4.84 Å². The van der Waals surface area contributed by atoms with Gasteiger partial charge in [-0.15, -0.1) is 0 Å². The average molecular weight is 196 g/mol. The van der Waals surface area contributed by atoms with Crippen LogP contribution in [-0.2, 0) is 11.3 Å². The third-order valence-electron chi connectivity index (χ3n) is 2.03. The van der Waals surface area contributed by atoms with E-state index in [1.165, 1.54) is 6.07 Å². The first-order valence-corrected chi connectivity index (χ1v) is 4.20. The number of nitrogens with zero attached hydrogens (tertiary/aromatic N) is 1. The fourth-order valence-corrected chi connectivity index (χ4v) is 1.21. The van der Waals surface area contributed by atoms with Crippen LogP contribution in [0.4, 0.5) is 5.69 Å². The normalized spacial score (nSPS) is 10.1. The number of benzene rings is 1. The van der Waals surface area contributed by atoms with Gasteiger partial charge in [0.25, 0.3) is 5.69 Å². The summed E-state index contributed by atoms with van der Waals surface area (Å²) in [5.74, 6) is 4.89. The van der Waals surface area contributed by atoms with Gasteiger partial charge in [0.15, 0.2) is 0 Å². The molecule has 0 spiro atoms. The number of rotatable bonds is 4. The maximum atomic E-state index is 10.5. The van der Waals surface area contributed by atoms with Crippen LogP contribution >= 0.6 is 0 Å². The molecule has 0 saturated carbocycles. The molecule has 1 rings (SSSR count). The van der Waals surface area contributed by atoms with Crippen molar-refractivity contribution in [3.63, 3.8) is 0 Å². The number of nitro groups is 1. The molecule has 1 aromatic rings. The van der Waals surface area contributed by atoms with E-state index >= 15 is 0 Å². The summed E-state index contributed by atoms with van der Waals surface area (Å²) < 4.78 is 0. The van der Waals surface area contributed by atoms with E-state index in [-0.39, 0.29) is 5.69 Å². The van der Waals surface area contributed by atoms with E-state index in [0.29, 0.717) is 13.0 Å². The molecule has 0 radical (unpaired) electrons. The Morgan fingerprint density at radius 2 is 2.29 bits per heavy atom. The maximum absolute atomic E-state index is 10.5. The van der Waals surface area contributed by atoms with Gasteiger partial charge >= 0.3 is 0 Å². The van der Waals surface area contributed by atoms with E-state index < -0.39 is 4.92 Å². The molecule has 0 saturated heterocycles. The Labute approximate surface area is 81.6 Å². The molecule has 2 N–H and O–H groups in total. The monoisotopic (exact) mass is 196 g/mol. The Morgan fingerprint density at radius 1 is 1.57 bits per heavy atom. The minimum atomic E-state index is -0.410. The molecule has 0 aromatic heterocycles. The highest BCUT2D eigenvalue weighted by molar-refractivity contribution is 5.39. The van der Waals surface area contributed by atoms with Crippen LogP contribution in [0.2, 0.25) is 0 Å². The highest BCUT2D eigenvalue weighted by Gasteiger charge is 2.07. The van der Waals surface area contributed by atoms with Crippen molar-refractivity contribution in [2.45, 2.75) is 13.3 Å². The lowest BCUT2D eigenvalue weighted by Crippen LogP contribution is -2.05. The molecule has 0 aliphatic carbocycles. The molecule has 5 heteroatoms. The predicted molar refractivity (Wildman–Crippen MR) is 51.7 cm³/mol. The Morgan fingerprint density at radius 3 is 2.86 bits per heavy atom. The van der Waals surface area contributed by atoms with Crippen molar-refractivity contribution in [2.75, 3.05) is 6.61 Å². The molecule has 0 atom stereocenters. The van der Waals surface area contributed by atoms with Crippen molar-refractivity contribution < 1.29 is 9.76 Å². The van der Waals surface area contributed by atoms with E-state index in [4.69, 9.17) is 5.90 Å². The largest absolute Gasteiger partial charge is 0.304 e. The van der Waals surface area contributed by atoms with Crippen LogP contribution in [0.15, 0.2) is 18.2 Å². The first-order chi connectivity index (χ1) is 6.65. The van der Waals surface area contributed by atoms with Crippen LogP contribution in [-0.4, -0.2) is 11.5 Å². The summed E-state index contributed by atoms with van der Waals surface area (Å²) in [5, 5.41) is 10.5. The smallest absolute Gasteiger partial charge is 0.269 e. The quantitative estimate of drug-likeness (QED) is 0.582. The third kappa shape index (κ3) is 2.51. The summed E-state index contributed by atoms with van der Waals surface area (Å²) in [4.78, 5) is 14.5. The van der Waals surface area contributed by atoms with Gasteiger partial charge in [0, 0.05) is 12.1 Å². The van der Waals surface area contributed by atoms with E-state index in [1.807, 2.05) is 6.92 Å². The average Bonchev–Trinajstić information content (AvgIpc) is 2.16. The van der Waals surface area contributed by atoms with Gasteiger partial charge in [-0.05, 0) is 24.5 Å². The third-order valence-corrected chi connectivity index (χ3v) is 2.03. The zero-order valence-electron chi connectivity index (χ0n) is 7.90. The second-order valence-electron chi connectivity index (χ2n) is 2.99. The van der Waals surface area contributed by atoms with Crippen molar-refractivity contribution in [1.29, 1.82) is 0 Å². The molecule has 0 bridgehead atoms. The van der Waals surface area contributed by atoms with Gasteiger partial charge in [0.1, 0.15) is 0 Å². The number of nitrogens with two attached hydrogens (primary N) is 1. The van der Waals surface area contributed by atoms with Crippen molar-refractivity contribution in [1.82, 2.24) is 0 Å². The summed E-state index contributed by atoms with van der Waals surface area (Å²) >= 11 is 0. The SMILES string of the molecule is Cc1ccc([N+](=O)[O-])cc1CCON. The Kier molecular flexibility index (Phi) is 3.55. The number of non-ortho nitro benzene ring substituents is 1. The van der Waals surface area contributed by atoms with E-state index in [9.17, 15) is 10.1 Å². The Hall–Kier alpha value is -1.46. The number of hydrogen-bond acceptors (Lipinski definition) is 4. The van der Waals surface area contributed by atoms with Crippen LogP contribution < -0.4 is 5.90 Å². The zero-order valence-corrected chi connectivity index (χ0v) is 7.90. The Balaban J connectivity index is 2.90. The van der Waals surface area contributed by atoms with Crippen LogP contribution in [0.25, 0.3) is 0 Å². The zero-order chi connectivity index (χ0) is 10.6. The van der Waals surface area contributed by atoms with Crippen LogP contribution in [0, 0.1) is 17.0 Å². The molecule has 0 amide bonds. The first kappa shape index (κ1) is 10.6. The summed E-state index contributed by atoms with van der Waals surface area (Å²) in [5.41, 5.74) is 2.00. The summed E-state index contributed by atoms with van der Waals surface area (Å²) in [7, 11) is 0.